The second-order valence-electron chi connectivity index (χ2n) is 4.43. The molecule has 0 unspecified atom stereocenters. The molecule has 0 aromatic rings. The van der Waals surface area contributed by atoms with Gasteiger partial charge >= 0.3 is 12.0 Å². The van der Waals surface area contributed by atoms with Crippen LogP contribution in [0.25, 0.3) is 0 Å². The van der Waals surface area contributed by atoms with Gasteiger partial charge in [0.05, 0.1) is 5.54 Å². The Balaban J connectivity index is 4.45. The van der Waals surface area contributed by atoms with E-state index < -0.39 is 23.6 Å². The number of hydrogen-bond donors (Lipinski definition) is 3. The lowest BCUT2D eigenvalue weighted by molar-refractivity contribution is -0.140. The summed E-state index contributed by atoms with van der Waals surface area (Å²) >= 11 is 0. The first kappa shape index (κ1) is 14.3. The van der Waals surface area contributed by atoms with E-state index in [-0.39, 0.29) is 5.92 Å². The number of nitrogens with one attached hydrogen (secondary N) is 2. The minimum absolute atomic E-state index is 0.197. The van der Waals surface area contributed by atoms with Gasteiger partial charge in [0.2, 0.25) is 0 Å². The molecule has 0 heterocycles. The molecule has 2 amide bonds. The maximum atomic E-state index is 11.5. The molecule has 5 nitrogen and oxygen atoms in total. The molecule has 0 aliphatic carbocycles. The average Bonchev–Trinajstić information content (AvgIpc) is 2.12. The van der Waals surface area contributed by atoms with Crippen molar-refractivity contribution in [1.29, 1.82) is 0 Å². The third kappa shape index (κ3) is 4.69. The maximum absolute atomic E-state index is 11.5. The van der Waals surface area contributed by atoms with E-state index in [9.17, 15) is 9.59 Å². The van der Waals surface area contributed by atoms with Crippen LogP contribution < -0.4 is 10.6 Å². The summed E-state index contributed by atoms with van der Waals surface area (Å²) in [6.45, 7) is 6.73. The van der Waals surface area contributed by atoms with Crippen LogP contribution in [0, 0.1) is 18.3 Å². The number of carboxylic acid groups (broad SMARTS) is 1. The number of aliphatic carboxylic acids is 1. The van der Waals surface area contributed by atoms with E-state index in [4.69, 9.17) is 11.5 Å². The summed E-state index contributed by atoms with van der Waals surface area (Å²) in [4.78, 5) is 22.3. The van der Waals surface area contributed by atoms with Crippen molar-refractivity contribution in [3.63, 3.8) is 0 Å². The van der Waals surface area contributed by atoms with Crippen LogP contribution in [0.2, 0.25) is 0 Å². The van der Waals surface area contributed by atoms with Crippen LogP contribution in [0.5, 0.6) is 0 Å². The van der Waals surface area contributed by atoms with Crippen LogP contribution >= 0.6 is 0 Å². The van der Waals surface area contributed by atoms with Crippen molar-refractivity contribution < 1.29 is 14.7 Å². The van der Waals surface area contributed by atoms with Gasteiger partial charge < -0.3 is 15.7 Å². The number of carbonyl (C=O) groups excluding carboxylic acids is 1. The Morgan fingerprint density at radius 2 is 1.88 bits per heavy atom. The summed E-state index contributed by atoms with van der Waals surface area (Å²) in [5.74, 6) is 1.12. The second kappa shape index (κ2) is 5.40. The highest BCUT2D eigenvalue weighted by Crippen LogP contribution is 2.03. The SMILES string of the molecule is C#CC(C)(C)NC(=O)N[C@H](C(=O)O)C(C)C. The van der Waals surface area contributed by atoms with Crippen LogP contribution in [-0.4, -0.2) is 28.7 Å². The van der Waals surface area contributed by atoms with Gasteiger partial charge in [0.25, 0.3) is 0 Å². The standard InChI is InChI=1S/C11H18N2O3/c1-6-11(4,5)13-10(16)12-8(7(2)3)9(14)15/h1,7-8H,2-5H3,(H,14,15)(H2,12,13,16)/t8-/m0/s1. The van der Waals surface area contributed by atoms with Crippen molar-refractivity contribution in [1.82, 2.24) is 10.6 Å². The molecule has 0 aromatic carbocycles. The van der Waals surface area contributed by atoms with Crippen molar-refractivity contribution >= 4 is 12.0 Å². The summed E-state index contributed by atoms with van der Waals surface area (Å²) in [6, 6.07) is -1.50. The molecule has 16 heavy (non-hydrogen) atoms. The van der Waals surface area contributed by atoms with Gasteiger partial charge in [-0.3, -0.25) is 0 Å². The molecule has 90 valence electrons. The van der Waals surface area contributed by atoms with E-state index in [1.807, 2.05) is 0 Å². The van der Waals surface area contributed by atoms with E-state index in [0.29, 0.717) is 0 Å². The van der Waals surface area contributed by atoms with Gasteiger partial charge in [0, 0.05) is 0 Å². The molecule has 0 fully saturated rings. The Bertz CT molecular complexity index is 316. The van der Waals surface area contributed by atoms with Crippen LogP contribution in [0.15, 0.2) is 0 Å². The summed E-state index contributed by atoms with van der Waals surface area (Å²) < 4.78 is 0. The Morgan fingerprint density at radius 1 is 1.38 bits per heavy atom. The zero-order chi connectivity index (χ0) is 12.9. The molecule has 0 saturated carbocycles. The zero-order valence-electron chi connectivity index (χ0n) is 10.00. The lowest BCUT2D eigenvalue weighted by Gasteiger charge is -2.23. The topological polar surface area (TPSA) is 78.4 Å². The van der Waals surface area contributed by atoms with Gasteiger partial charge in [0.1, 0.15) is 6.04 Å². The fourth-order valence-corrected chi connectivity index (χ4v) is 1.01. The molecular formula is C11H18N2O3. The number of amides is 2. The van der Waals surface area contributed by atoms with Crippen LogP contribution in [-0.2, 0) is 4.79 Å². The molecule has 1 atom stereocenters. The van der Waals surface area contributed by atoms with Crippen LogP contribution in [0.4, 0.5) is 4.79 Å². The number of hydrogen-bond acceptors (Lipinski definition) is 2. The fraction of sp³-hybridized carbons (Fsp3) is 0.636. The van der Waals surface area contributed by atoms with E-state index >= 15 is 0 Å². The Labute approximate surface area is 95.6 Å². The first-order valence-electron chi connectivity index (χ1n) is 4.99. The van der Waals surface area contributed by atoms with Gasteiger partial charge in [-0.05, 0) is 19.8 Å². The van der Waals surface area contributed by atoms with E-state index in [1.165, 1.54) is 0 Å². The molecule has 0 radical (unpaired) electrons. The first-order chi connectivity index (χ1) is 7.19. The van der Waals surface area contributed by atoms with Gasteiger partial charge in [-0.25, -0.2) is 9.59 Å². The molecular weight excluding hydrogens is 208 g/mol. The van der Waals surface area contributed by atoms with E-state index in [0.717, 1.165) is 0 Å². The predicted molar refractivity (Wildman–Crippen MR) is 60.8 cm³/mol. The second-order valence-corrected chi connectivity index (χ2v) is 4.43. The maximum Gasteiger partial charge on any atom is 0.326 e. The van der Waals surface area contributed by atoms with E-state index in [1.54, 1.807) is 27.7 Å². The summed E-state index contributed by atoms with van der Waals surface area (Å²) in [6.07, 6.45) is 5.20. The Kier molecular flexibility index (Phi) is 4.83. The normalized spacial score (nSPS) is 12.8. The smallest absolute Gasteiger partial charge is 0.326 e. The Hall–Kier alpha value is -1.70. The number of carboxylic acids is 1. The number of urea groups is 1. The summed E-state index contributed by atoms with van der Waals surface area (Å²) in [5, 5.41) is 13.7. The van der Waals surface area contributed by atoms with Gasteiger partial charge in [-0.2, -0.15) is 0 Å². The zero-order valence-corrected chi connectivity index (χ0v) is 10.00. The molecule has 0 rings (SSSR count). The number of terminal acetylenes is 1. The van der Waals surface area contributed by atoms with Gasteiger partial charge in [-0.15, -0.1) is 6.42 Å². The average molecular weight is 226 g/mol. The minimum atomic E-state index is -1.07. The molecule has 0 aliphatic heterocycles. The lowest BCUT2D eigenvalue weighted by Crippen LogP contribution is -2.53. The lowest BCUT2D eigenvalue weighted by atomic mass is 10.0. The van der Waals surface area contributed by atoms with E-state index in [2.05, 4.69) is 16.6 Å². The largest absolute Gasteiger partial charge is 0.480 e. The van der Waals surface area contributed by atoms with Gasteiger partial charge in [-0.1, -0.05) is 19.8 Å². The van der Waals surface area contributed by atoms with Gasteiger partial charge in [0.15, 0.2) is 0 Å². The highest BCUT2D eigenvalue weighted by atomic mass is 16.4. The molecule has 0 spiro atoms. The van der Waals surface area contributed by atoms with Crippen molar-refractivity contribution in [2.45, 2.75) is 39.3 Å². The number of carbonyl (C=O) groups is 2. The Morgan fingerprint density at radius 3 is 2.19 bits per heavy atom. The highest BCUT2D eigenvalue weighted by Gasteiger charge is 2.25. The molecule has 0 aromatic heterocycles. The van der Waals surface area contributed by atoms with Crippen LogP contribution in [0.1, 0.15) is 27.7 Å². The van der Waals surface area contributed by atoms with Crippen LogP contribution in [0.3, 0.4) is 0 Å². The third-order valence-corrected chi connectivity index (χ3v) is 2.01. The highest BCUT2D eigenvalue weighted by molar-refractivity contribution is 5.83. The van der Waals surface area contributed by atoms with Crippen molar-refractivity contribution in [2.24, 2.45) is 5.92 Å². The molecule has 0 saturated heterocycles. The molecule has 5 heteroatoms. The monoisotopic (exact) mass is 226 g/mol. The van der Waals surface area contributed by atoms with Crippen molar-refractivity contribution in [2.75, 3.05) is 0 Å². The third-order valence-electron chi connectivity index (χ3n) is 2.01. The summed E-state index contributed by atoms with van der Waals surface area (Å²) in [5.41, 5.74) is -0.801. The molecule has 0 aliphatic rings. The number of rotatable bonds is 4. The molecule has 3 N–H and O–H groups in total. The van der Waals surface area contributed by atoms with Crippen molar-refractivity contribution in [3.8, 4) is 12.3 Å². The quantitative estimate of drug-likeness (QED) is 0.621. The first-order valence-corrected chi connectivity index (χ1v) is 4.99. The predicted octanol–water partition coefficient (Wildman–Crippen LogP) is 0.807. The molecule has 0 bridgehead atoms. The minimum Gasteiger partial charge on any atom is -0.480 e. The summed E-state index contributed by atoms with van der Waals surface area (Å²) in [7, 11) is 0. The van der Waals surface area contributed by atoms with Crippen molar-refractivity contribution in [3.05, 3.63) is 0 Å². The fourth-order valence-electron chi connectivity index (χ4n) is 1.01.